The monoisotopic (exact) mass is 173 g/mol. The topological polar surface area (TPSA) is 69.4 Å². The molecule has 0 aromatic carbocycles. The van der Waals surface area contributed by atoms with Gasteiger partial charge in [0.05, 0.1) is 13.0 Å². The maximum Gasteiger partial charge on any atom is 0.306 e. The molecule has 4 nitrogen and oxygen atoms in total. The molecule has 0 bridgehead atoms. The van der Waals surface area contributed by atoms with Crippen LogP contribution < -0.4 is 5.73 Å². The Bertz CT molecular complexity index is 156. The van der Waals surface area contributed by atoms with Gasteiger partial charge in [0, 0.05) is 6.42 Å². The van der Waals surface area contributed by atoms with Crippen molar-refractivity contribution in [1.29, 1.82) is 0 Å². The first-order valence-electron chi connectivity index (χ1n) is 4.10. The van der Waals surface area contributed by atoms with E-state index in [0.29, 0.717) is 6.61 Å². The molecule has 0 spiro atoms. The summed E-state index contributed by atoms with van der Waals surface area (Å²) in [5.41, 5.74) is 4.85. The fourth-order valence-electron chi connectivity index (χ4n) is 0.628. The minimum absolute atomic E-state index is 0.0744. The average molecular weight is 173 g/mol. The maximum absolute atomic E-state index is 10.8. The number of hydrogen-bond donors (Lipinski definition) is 1. The Morgan fingerprint density at radius 1 is 1.33 bits per heavy atom. The Hall–Kier alpha value is -1.06. The van der Waals surface area contributed by atoms with Crippen molar-refractivity contribution in [3.8, 4) is 0 Å². The summed E-state index contributed by atoms with van der Waals surface area (Å²) in [5, 5.41) is 0. The summed E-state index contributed by atoms with van der Waals surface area (Å²) in [4.78, 5) is 21.0. The first kappa shape index (κ1) is 10.9. The van der Waals surface area contributed by atoms with Crippen LogP contribution in [0.25, 0.3) is 0 Å². The lowest BCUT2D eigenvalue weighted by atomic mass is 10.3. The molecule has 2 N–H and O–H groups in total. The minimum Gasteiger partial charge on any atom is -0.466 e. The molecule has 0 fully saturated rings. The number of ether oxygens (including phenoxy) is 1. The second-order valence-corrected chi connectivity index (χ2v) is 2.54. The number of carbonyl (C=O) groups excluding carboxylic acids is 2. The van der Waals surface area contributed by atoms with Gasteiger partial charge in [0.25, 0.3) is 0 Å². The molecule has 0 aromatic heterocycles. The number of rotatable bonds is 6. The van der Waals surface area contributed by atoms with Gasteiger partial charge in [-0.15, -0.1) is 0 Å². The molecule has 0 saturated carbocycles. The smallest absolute Gasteiger partial charge is 0.306 e. The highest BCUT2D eigenvalue weighted by molar-refractivity contribution is 5.79. The molecule has 0 aliphatic heterocycles. The van der Waals surface area contributed by atoms with Crippen molar-refractivity contribution in [3.05, 3.63) is 0 Å². The van der Waals surface area contributed by atoms with Gasteiger partial charge >= 0.3 is 5.97 Å². The van der Waals surface area contributed by atoms with E-state index in [2.05, 4.69) is 0 Å². The highest BCUT2D eigenvalue weighted by atomic mass is 16.5. The molecule has 0 aliphatic carbocycles. The van der Waals surface area contributed by atoms with E-state index in [9.17, 15) is 9.59 Å². The van der Waals surface area contributed by atoms with Crippen LogP contribution in [0.2, 0.25) is 0 Å². The van der Waals surface area contributed by atoms with Gasteiger partial charge in [-0.1, -0.05) is 13.3 Å². The molecule has 12 heavy (non-hydrogen) atoms. The lowest BCUT2D eigenvalue weighted by Gasteiger charge is -2.01. The quantitative estimate of drug-likeness (QED) is 0.472. The number of primary amides is 1. The van der Waals surface area contributed by atoms with Crippen molar-refractivity contribution in [2.45, 2.75) is 32.6 Å². The van der Waals surface area contributed by atoms with E-state index in [0.717, 1.165) is 12.8 Å². The molecule has 0 saturated heterocycles. The Morgan fingerprint density at radius 3 is 2.50 bits per heavy atom. The Balaban J connectivity index is 3.28. The summed E-state index contributed by atoms with van der Waals surface area (Å²) < 4.78 is 4.79. The molecular weight excluding hydrogens is 158 g/mol. The molecule has 0 rings (SSSR count). The van der Waals surface area contributed by atoms with Crippen LogP contribution in [0.3, 0.4) is 0 Å². The Kier molecular flexibility index (Phi) is 6.05. The summed E-state index contributed by atoms with van der Waals surface area (Å²) in [5.74, 6) is -0.815. The van der Waals surface area contributed by atoms with E-state index in [1.54, 1.807) is 0 Å². The van der Waals surface area contributed by atoms with Crippen molar-refractivity contribution >= 4 is 11.9 Å². The second kappa shape index (κ2) is 6.64. The Morgan fingerprint density at radius 2 is 2.00 bits per heavy atom. The predicted molar refractivity (Wildman–Crippen MR) is 44.3 cm³/mol. The van der Waals surface area contributed by atoms with Crippen molar-refractivity contribution in [2.75, 3.05) is 6.61 Å². The molecule has 0 aromatic rings. The SMILES string of the molecule is CCCCOC(=O)CCC(N)=O. The number of carbonyl (C=O) groups is 2. The zero-order valence-electron chi connectivity index (χ0n) is 7.34. The van der Waals surface area contributed by atoms with Gasteiger partial charge in [-0.2, -0.15) is 0 Å². The molecule has 0 aliphatic rings. The third kappa shape index (κ3) is 7.05. The lowest BCUT2D eigenvalue weighted by Crippen LogP contribution is -2.14. The standard InChI is InChI=1S/C8H15NO3/c1-2-3-6-12-8(11)5-4-7(9)10/h2-6H2,1H3,(H2,9,10). The number of amides is 1. The molecule has 0 atom stereocenters. The third-order valence-corrected chi connectivity index (χ3v) is 1.34. The normalized spacial score (nSPS) is 9.42. The fourth-order valence-corrected chi connectivity index (χ4v) is 0.628. The van der Waals surface area contributed by atoms with Crippen molar-refractivity contribution in [2.24, 2.45) is 5.73 Å². The van der Waals surface area contributed by atoms with Crippen LogP contribution in [-0.4, -0.2) is 18.5 Å². The van der Waals surface area contributed by atoms with Gasteiger partial charge < -0.3 is 10.5 Å². The van der Waals surface area contributed by atoms with Gasteiger partial charge in [0.1, 0.15) is 0 Å². The summed E-state index contributed by atoms with van der Waals surface area (Å²) in [6, 6.07) is 0. The summed E-state index contributed by atoms with van der Waals surface area (Å²) in [6.45, 7) is 2.45. The first-order valence-corrected chi connectivity index (χ1v) is 4.10. The average Bonchev–Trinajstić information content (AvgIpc) is 2.01. The van der Waals surface area contributed by atoms with E-state index in [1.165, 1.54) is 0 Å². The van der Waals surface area contributed by atoms with Crippen molar-refractivity contribution < 1.29 is 14.3 Å². The molecule has 0 unspecified atom stereocenters. The highest BCUT2D eigenvalue weighted by Gasteiger charge is 2.03. The molecule has 0 radical (unpaired) electrons. The molecule has 70 valence electrons. The van der Waals surface area contributed by atoms with Gasteiger partial charge in [-0.3, -0.25) is 9.59 Å². The lowest BCUT2D eigenvalue weighted by molar-refractivity contribution is -0.144. The molecular formula is C8H15NO3. The van der Waals surface area contributed by atoms with Gasteiger partial charge in [0.2, 0.25) is 5.91 Å². The van der Waals surface area contributed by atoms with Crippen LogP contribution >= 0.6 is 0 Å². The zero-order chi connectivity index (χ0) is 9.40. The molecule has 4 heteroatoms. The first-order chi connectivity index (χ1) is 5.66. The molecule has 1 amide bonds. The third-order valence-electron chi connectivity index (χ3n) is 1.34. The summed E-state index contributed by atoms with van der Waals surface area (Å²) in [6.07, 6.45) is 2.02. The number of esters is 1. The second-order valence-electron chi connectivity index (χ2n) is 2.54. The minimum atomic E-state index is -0.470. The maximum atomic E-state index is 10.8. The largest absolute Gasteiger partial charge is 0.466 e. The van der Waals surface area contributed by atoms with Gasteiger partial charge in [-0.05, 0) is 6.42 Å². The van der Waals surface area contributed by atoms with Crippen molar-refractivity contribution in [1.82, 2.24) is 0 Å². The van der Waals surface area contributed by atoms with E-state index in [-0.39, 0.29) is 18.8 Å². The van der Waals surface area contributed by atoms with E-state index >= 15 is 0 Å². The predicted octanol–water partition coefficient (Wildman–Crippen LogP) is 0.595. The van der Waals surface area contributed by atoms with Crippen LogP contribution in [0.5, 0.6) is 0 Å². The number of unbranched alkanes of at least 4 members (excludes halogenated alkanes) is 1. The van der Waals surface area contributed by atoms with Crippen LogP contribution in [0.15, 0.2) is 0 Å². The number of nitrogens with two attached hydrogens (primary N) is 1. The van der Waals surface area contributed by atoms with E-state index in [1.807, 2.05) is 6.92 Å². The van der Waals surface area contributed by atoms with Crippen LogP contribution in [-0.2, 0) is 14.3 Å². The highest BCUT2D eigenvalue weighted by Crippen LogP contribution is 1.94. The molecule has 0 heterocycles. The van der Waals surface area contributed by atoms with Crippen molar-refractivity contribution in [3.63, 3.8) is 0 Å². The fraction of sp³-hybridized carbons (Fsp3) is 0.750. The van der Waals surface area contributed by atoms with Crippen LogP contribution in [0, 0.1) is 0 Å². The summed E-state index contributed by atoms with van der Waals surface area (Å²) >= 11 is 0. The Labute approximate surface area is 72.1 Å². The zero-order valence-corrected chi connectivity index (χ0v) is 7.34. The van der Waals surface area contributed by atoms with Crippen LogP contribution in [0.4, 0.5) is 0 Å². The summed E-state index contributed by atoms with van der Waals surface area (Å²) in [7, 11) is 0. The van der Waals surface area contributed by atoms with Gasteiger partial charge in [-0.25, -0.2) is 0 Å². The number of hydrogen-bond acceptors (Lipinski definition) is 3. The van der Waals surface area contributed by atoms with Crippen LogP contribution in [0.1, 0.15) is 32.6 Å². The van der Waals surface area contributed by atoms with Gasteiger partial charge in [0.15, 0.2) is 0 Å². The van der Waals surface area contributed by atoms with E-state index in [4.69, 9.17) is 10.5 Å². The van der Waals surface area contributed by atoms with E-state index < -0.39 is 5.91 Å².